The normalized spacial score (nSPS) is 21.6. The molecule has 0 bridgehead atoms. The summed E-state index contributed by atoms with van der Waals surface area (Å²) in [4.78, 5) is 17.1. The third-order valence-corrected chi connectivity index (χ3v) is 4.33. The molecule has 0 amide bonds. The van der Waals surface area contributed by atoms with Gasteiger partial charge in [0, 0.05) is 17.9 Å². The highest BCUT2D eigenvalue weighted by molar-refractivity contribution is 6.36. The lowest BCUT2D eigenvalue weighted by molar-refractivity contribution is -0.117. The predicted molar refractivity (Wildman–Crippen MR) is 96.1 cm³/mol. The molecule has 1 aromatic rings. The van der Waals surface area contributed by atoms with Crippen molar-refractivity contribution >= 4 is 40.4 Å². The average molecular weight is 354 g/mol. The van der Waals surface area contributed by atoms with Gasteiger partial charge in [-0.25, -0.2) is 0 Å². The smallest absolute Gasteiger partial charge is 0.168 e. The molecule has 0 atom stereocenters. The van der Waals surface area contributed by atoms with Gasteiger partial charge in [-0.2, -0.15) is 0 Å². The van der Waals surface area contributed by atoms with Crippen LogP contribution in [0.1, 0.15) is 46.5 Å². The number of aliphatic imine (C=N–C) groups is 1. The first-order valence-corrected chi connectivity index (χ1v) is 8.47. The molecule has 1 N–H and O–H groups in total. The van der Waals surface area contributed by atoms with Crippen molar-refractivity contribution in [1.82, 2.24) is 0 Å². The molecular weight excluding hydrogens is 333 g/mol. The molecule has 5 heteroatoms. The molecule has 3 nitrogen and oxygen atoms in total. The molecule has 23 heavy (non-hydrogen) atoms. The second-order valence-corrected chi connectivity index (χ2v) is 7.51. The molecule has 1 fully saturated rings. The van der Waals surface area contributed by atoms with Crippen LogP contribution in [-0.4, -0.2) is 16.6 Å². The number of Topliss-reactive ketones (excluding diaryl/α,β-unsaturated/α-hetero) is 1. The van der Waals surface area contributed by atoms with E-state index in [1.165, 1.54) is 0 Å². The Bertz CT molecular complexity index is 690. The van der Waals surface area contributed by atoms with Gasteiger partial charge < -0.3 is 5.11 Å². The van der Waals surface area contributed by atoms with Gasteiger partial charge in [0.05, 0.1) is 22.0 Å². The van der Waals surface area contributed by atoms with Gasteiger partial charge in [-0.1, -0.05) is 44.0 Å². The second kappa shape index (κ2) is 7.06. The van der Waals surface area contributed by atoms with E-state index in [1.54, 1.807) is 18.2 Å². The van der Waals surface area contributed by atoms with Crippen LogP contribution < -0.4 is 0 Å². The van der Waals surface area contributed by atoms with Crippen molar-refractivity contribution in [1.29, 1.82) is 0 Å². The Morgan fingerprint density at radius 2 is 2.00 bits per heavy atom. The number of benzene rings is 1. The number of hydrogen-bond donors (Lipinski definition) is 1. The molecule has 1 aliphatic rings. The molecule has 124 valence electrons. The largest absolute Gasteiger partial charge is 0.511 e. The molecule has 0 radical (unpaired) electrons. The maximum absolute atomic E-state index is 12.5. The van der Waals surface area contributed by atoms with Crippen molar-refractivity contribution in [3.8, 4) is 0 Å². The summed E-state index contributed by atoms with van der Waals surface area (Å²) in [7, 11) is 0. The number of allylic oxidation sites excluding steroid dienone is 2. The maximum atomic E-state index is 12.5. The highest BCUT2D eigenvalue weighted by Crippen LogP contribution is 2.38. The third-order valence-electron chi connectivity index (χ3n) is 3.79. The molecule has 0 spiro atoms. The van der Waals surface area contributed by atoms with E-state index < -0.39 is 0 Å². The van der Waals surface area contributed by atoms with Gasteiger partial charge in [0.15, 0.2) is 5.78 Å². The van der Waals surface area contributed by atoms with Gasteiger partial charge in [0.2, 0.25) is 0 Å². The first kappa shape index (κ1) is 18.0. The van der Waals surface area contributed by atoms with Gasteiger partial charge in [-0.3, -0.25) is 9.79 Å². The van der Waals surface area contributed by atoms with E-state index >= 15 is 0 Å². The van der Waals surface area contributed by atoms with Crippen molar-refractivity contribution in [3.05, 3.63) is 39.6 Å². The van der Waals surface area contributed by atoms with Crippen LogP contribution in [0.2, 0.25) is 10.0 Å². The fraction of sp³-hybridized carbons (Fsp3) is 0.444. The van der Waals surface area contributed by atoms with Gasteiger partial charge in [0.25, 0.3) is 0 Å². The molecular formula is C18H21Cl2NO2. The van der Waals surface area contributed by atoms with E-state index in [0.717, 1.165) is 6.42 Å². The molecule has 1 aliphatic carbocycles. The van der Waals surface area contributed by atoms with Crippen molar-refractivity contribution < 1.29 is 9.90 Å². The summed E-state index contributed by atoms with van der Waals surface area (Å²) in [6.07, 6.45) is 2.25. The van der Waals surface area contributed by atoms with E-state index in [9.17, 15) is 9.90 Å². The Balaban J connectivity index is 2.54. The summed E-state index contributed by atoms with van der Waals surface area (Å²) in [5, 5.41) is 11.3. The van der Waals surface area contributed by atoms with Gasteiger partial charge in [-0.05, 0) is 36.5 Å². The average Bonchev–Trinajstić information content (AvgIpc) is 2.40. The van der Waals surface area contributed by atoms with Crippen LogP contribution in [0.3, 0.4) is 0 Å². The van der Waals surface area contributed by atoms with Crippen LogP contribution in [0.15, 0.2) is 34.5 Å². The van der Waals surface area contributed by atoms with Crippen LogP contribution in [0.25, 0.3) is 0 Å². The Hall–Kier alpha value is -1.32. The van der Waals surface area contributed by atoms with Crippen LogP contribution in [0.5, 0.6) is 0 Å². The van der Waals surface area contributed by atoms with E-state index in [-0.39, 0.29) is 17.0 Å². The van der Waals surface area contributed by atoms with Crippen LogP contribution in [0, 0.1) is 5.41 Å². The van der Waals surface area contributed by atoms with E-state index in [1.807, 2.05) is 20.8 Å². The summed E-state index contributed by atoms with van der Waals surface area (Å²) in [6.45, 7) is 6.01. The monoisotopic (exact) mass is 353 g/mol. The molecule has 0 aliphatic heterocycles. The summed E-state index contributed by atoms with van der Waals surface area (Å²) < 4.78 is 0. The summed E-state index contributed by atoms with van der Waals surface area (Å²) in [5.74, 6) is 0.0628. The Morgan fingerprint density at radius 1 is 1.30 bits per heavy atom. The van der Waals surface area contributed by atoms with E-state index in [4.69, 9.17) is 23.2 Å². The first-order chi connectivity index (χ1) is 10.7. The predicted octanol–water partition coefficient (Wildman–Crippen LogP) is 6.07. The standard InChI is InChI=1S/C18H21Cl2NO2/c1-4-5-15(22)17-14(9-18(2,3)10-16(17)23)21-13-7-6-11(19)8-12(13)20/h6-8,22H,4-5,9-10H2,1-3H3. The van der Waals surface area contributed by atoms with Crippen molar-refractivity contribution in [2.75, 3.05) is 0 Å². The van der Waals surface area contributed by atoms with Crippen molar-refractivity contribution in [3.63, 3.8) is 0 Å². The quantitative estimate of drug-likeness (QED) is 0.529. The number of aliphatic hydroxyl groups excluding tert-OH is 1. The SMILES string of the molecule is CCCC(O)=C1C(=O)CC(C)(C)CC1=Nc1ccc(Cl)cc1Cl. The zero-order chi connectivity index (χ0) is 17.2. The Morgan fingerprint density at radius 3 is 2.61 bits per heavy atom. The lowest BCUT2D eigenvalue weighted by Crippen LogP contribution is -2.32. The lowest BCUT2D eigenvalue weighted by Gasteiger charge is -2.31. The molecule has 0 saturated heterocycles. The third kappa shape index (κ3) is 4.36. The minimum absolute atomic E-state index is 0.0592. The molecule has 0 unspecified atom stereocenters. The van der Waals surface area contributed by atoms with Gasteiger partial charge >= 0.3 is 0 Å². The Kier molecular flexibility index (Phi) is 5.53. The number of hydrogen-bond acceptors (Lipinski definition) is 3. The number of ketones is 1. The number of aliphatic hydroxyl groups is 1. The van der Waals surface area contributed by atoms with Gasteiger partial charge in [-0.15, -0.1) is 0 Å². The zero-order valence-corrected chi connectivity index (χ0v) is 15.1. The molecule has 0 aromatic heterocycles. The van der Waals surface area contributed by atoms with E-state index in [0.29, 0.717) is 46.3 Å². The zero-order valence-electron chi connectivity index (χ0n) is 13.6. The number of rotatable bonds is 3. The lowest BCUT2D eigenvalue weighted by atomic mass is 9.73. The maximum Gasteiger partial charge on any atom is 0.168 e. The first-order valence-electron chi connectivity index (χ1n) is 7.72. The van der Waals surface area contributed by atoms with Crippen LogP contribution >= 0.6 is 23.2 Å². The number of halogens is 2. The summed E-state index contributed by atoms with van der Waals surface area (Å²) >= 11 is 12.1. The summed E-state index contributed by atoms with van der Waals surface area (Å²) in [6, 6.07) is 5.05. The highest BCUT2D eigenvalue weighted by Gasteiger charge is 2.36. The highest BCUT2D eigenvalue weighted by atomic mass is 35.5. The fourth-order valence-electron chi connectivity index (χ4n) is 2.79. The molecule has 1 saturated carbocycles. The molecule has 2 rings (SSSR count). The van der Waals surface area contributed by atoms with Gasteiger partial charge in [0.1, 0.15) is 5.76 Å². The van der Waals surface area contributed by atoms with Crippen molar-refractivity contribution in [2.24, 2.45) is 10.4 Å². The minimum atomic E-state index is -0.190. The number of carbonyl (C=O) groups excluding carboxylic acids is 1. The minimum Gasteiger partial charge on any atom is -0.511 e. The van der Waals surface area contributed by atoms with Crippen LogP contribution in [0.4, 0.5) is 5.69 Å². The van der Waals surface area contributed by atoms with E-state index in [2.05, 4.69) is 4.99 Å². The fourth-order valence-corrected chi connectivity index (χ4v) is 3.24. The second-order valence-electron chi connectivity index (χ2n) is 6.67. The topological polar surface area (TPSA) is 49.7 Å². The molecule has 0 heterocycles. The number of carbonyl (C=O) groups is 1. The van der Waals surface area contributed by atoms with Crippen LogP contribution in [-0.2, 0) is 4.79 Å². The number of nitrogens with zero attached hydrogens (tertiary/aromatic N) is 1. The van der Waals surface area contributed by atoms with Crippen molar-refractivity contribution in [2.45, 2.75) is 46.5 Å². The summed E-state index contributed by atoms with van der Waals surface area (Å²) in [5.41, 5.74) is 1.32. The Labute approximate surface area is 147 Å². The molecule has 1 aromatic carbocycles.